The number of amides is 1. The number of hydrogen-bond acceptors (Lipinski definition) is 4. The van der Waals surface area contributed by atoms with Gasteiger partial charge in [-0.05, 0) is 82.4 Å². The maximum atomic E-state index is 12.2. The van der Waals surface area contributed by atoms with Gasteiger partial charge in [0.05, 0.1) is 6.54 Å². The Morgan fingerprint density at radius 3 is 2.54 bits per heavy atom. The van der Waals surface area contributed by atoms with Crippen LogP contribution in [0.1, 0.15) is 44.6 Å². The molecule has 1 atom stereocenters. The fourth-order valence-corrected chi connectivity index (χ4v) is 4.04. The summed E-state index contributed by atoms with van der Waals surface area (Å²) in [4.78, 5) is 14.7. The van der Waals surface area contributed by atoms with E-state index < -0.39 is 0 Å². The first-order valence-corrected chi connectivity index (χ1v) is 10.3. The third-order valence-corrected chi connectivity index (χ3v) is 5.77. The van der Waals surface area contributed by atoms with Crippen molar-refractivity contribution in [2.24, 2.45) is 5.92 Å². The fourth-order valence-electron chi connectivity index (χ4n) is 4.04. The summed E-state index contributed by atoms with van der Waals surface area (Å²) in [6.45, 7) is 8.18. The molecule has 1 aromatic rings. The highest BCUT2D eigenvalue weighted by atomic mass is 16.1. The Morgan fingerprint density at radius 1 is 1.15 bits per heavy atom. The first-order valence-electron chi connectivity index (χ1n) is 10.3. The normalized spacial score (nSPS) is 20.7. The van der Waals surface area contributed by atoms with E-state index in [1.54, 1.807) is 0 Å². The van der Waals surface area contributed by atoms with Crippen molar-refractivity contribution in [2.75, 3.05) is 38.0 Å². The van der Waals surface area contributed by atoms with Crippen molar-refractivity contribution in [2.45, 2.75) is 51.6 Å². The largest absolute Gasteiger partial charge is 0.325 e. The summed E-state index contributed by atoms with van der Waals surface area (Å²) < 4.78 is 0. The molecule has 2 aliphatic heterocycles. The molecule has 0 bridgehead atoms. The first-order chi connectivity index (χ1) is 12.7. The highest BCUT2D eigenvalue weighted by Gasteiger charge is 2.20. The molecule has 0 aromatic heterocycles. The van der Waals surface area contributed by atoms with Gasteiger partial charge in [0.25, 0.3) is 0 Å². The summed E-state index contributed by atoms with van der Waals surface area (Å²) in [7, 11) is 0. The van der Waals surface area contributed by atoms with Crippen molar-refractivity contribution in [3.8, 4) is 0 Å². The molecule has 2 aliphatic rings. The number of rotatable bonds is 7. The molecule has 0 radical (unpaired) electrons. The molecule has 2 saturated heterocycles. The molecular formula is C21H34N4O. The Hall–Kier alpha value is -1.43. The Bertz CT molecular complexity index is 548. The Kier molecular flexibility index (Phi) is 7.47. The molecule has 5 nitrogen and oxygen atoms in total. The molecule has 26 heavy (non-hydrogen) atoms. The molecule has 2 heterocycles. The highest BCUT2D eigenvalue weighted by molar-refractivity contribution is 5.92. The maximum absolute atomic E-state index is 12.2. The summed E-state index contributed by atoms with van der Waals surface area (Å²) in [5.41, 5.74) is 2.20. The van der Waals surface area contributed by atoms with Crippen molar-refractivity contribution in [1.82, 2.24) is 15.5 Å². The second-order valence-electron chi connectivity index (χ2n) is 7.84. The number of likely N-dealkylation sites (tertiary alicyclic amines) is 1. The van der Waals surface area contributed by atoms with E-state index in [1.807, 2.05) is 12.1 Å². The number of nitrogens with zero attached hydrogens (tertiary/aromatic N) is 1. The average Bonchev–Trinajstić information content (AvgIpc) is 2.69. The van der Waals surface area contributed by atoms with E-state index in [-0.39, 0.29) is 5.91 Å². The minimum atomic E-state index is 0.0366. The second-order valence-corrected chi connectivity index (χ2v) is 7.84. The summed E-state index contributed by atoms with van der Waals surface area (Å²) in [5.74, 6) is 0.702. The number of carbonyl (C=O) groups is 1. The van der Waals surface area contributed by atoms with Gasteiger partial charge >= 0.3 is 0 Å². The standard InChI is InChI=1S/C21H34N4O/c1-17(19-9-11-22-12-10-19)23-15-21(26)24-20-7-5-18(6-8-20)16-25-13-3-2-4-14-25/h5-8,17,19,22-23H,2-4,9-16H2,1H3,(H,24,26)/t17-/m1/s1. The number of nitrogens with one attached hydrogen (secondary N) is 3. The third-order valence-electron chi connectivity index (χ3n) is 5.77. The minimum absolute atomic E-state index is 0.0366. The van der Waals surface area contributed by atoms with Crippen molar-refractivity contribution in [3.05, 3.63) is 29.8 Å². The molecule has 3 rings (SSSR count). The van der Waals surface area contributed by atoms with Gasteiger partial charge in [0.2, 0.25) is 5.91 Å². The zero-order chi connectivity index (χ0) is 18.2. The van der Waals surface area contributed by atoms with Gasteiger partial charge in [0, 0.05) is 18.3 Å². The molecule has 0 aliphatic carbocycles. The van der Waals surface area contributed by atoms with Crippen LogP contribution in [-0.4, -0.2) is 49.6 Å². The Morgan fingerprint density at radius 2 is 1.85 bits per heavy atom. The van der Waals surface area contributed by atoms with Crippen LogP contribution in [0.2, 0.25) is 0 Å². The van der Waals surface area contributed by atoms with Crippen molar-refractivity contribution in [1.29, 1.82) is 0 Å². The van der Waals surface area contributed by atoms with Crippen LogP contribution in [0.15, 0.2) is 24.3 Å². The SMILES string of the molecule is C[C@@H](NCC(=O)Nc1ccc(CN2CCCCC2)cc1)C1CCNCC1. The highest BCUT2D eigenvalue weighted by Crippen LogP contribution is 2.17. The quantitative estimate of drug-likeness (QED) is 0.701. The predicted molar refractivity (Wildman–Crippen MR) is 107 cm³/mol. The van der Waals surface area contributed by atoms with E-state index in [9.17, 15) is 4.79 Å². The zero-order valence-corrected chi connectivity index (χ0v) is 16.1. The summed E-state index contributed by atoms with van der Waals surface area (Å²) >= 11 is 0. The predicted octanol–water partition coefficient (Wildman–Crippen LogP) is 2.59. The lowest BCUT2D eigenvalue weighted by atomic mass is 9.91. The first kappa shape index (κ1) is 19.3. The minimum Gasteiger partial charge on any atom is -0.325 e. The molecule has 1 aromatic carbocycles. The van der Waals surface area contributed by atoms with Crippen LogP contribution in [0, 0.1) is 5.92 Å². The van der Waals surface area contributed by atoms with Gasteiger partial charge in [-0.2, -0.15) is 0 Å². The fraction of sp³-hybridized carbons (Fsp3) is 0.667. The molecule has 0 spiro atoms. The second kappa shape index (κ2) is 10.0. The van der Waals surface area contributed by atoms with Gasteiger partial charge in [0.15, 0.2) is 0 Å². The lowest BCUT2D eigenvalue weighted by molar-refractivity contribution is -0.115. The molecule has 0 saturated carbocycles. The summed E-state index contributed by atoms with van der Waals surface area (Å²) in [6, 6.07) is 8.69. The number of carbonyl (C=O) groups excluding carboxylic acids is 1. The van der Waals surface area contributed by atoms with Crippen LogP contribution < -0.4 is 16.0 Å². The van der Waals surface area contributed by atoms with Gasteiger partial charge in [0.1, 0.15) is 0 Å². The third kappa shape index (κ3) is 6.08. The van der Waals surface area contributed by atoms with E-state index in [4.69, 9.17) is 0 Å². The van der Waals surface area contributed by atoms with Crippen molar-refractivity contribution in [3.63, 3.8) is 0 Å². The molecule has 0 unspecified atom stereocenters. The van der Waals surface area contributed by atoms with Crippen LogP contribution in [0.5, 0.6) is 0 Å². The molecular weight excluding hydrogens is 324 g/mol. The van der Waals surface area contributed by atoms with Gasteiger partial charge in [-0.3, -0.25) is 9.69 Å². The van der Waals surface area contributed by atoms with Crippen molar-refractivity contribution < 1.29 is 4.79 Å². The van der Waals surface area contributed by atoms with Gasteiger partial charge < -0.3 is 16.0 Å². The topological polar surface area (TPSA) is 56.4 Å². The van der Waals surface area contributed by atoms with E-state index in [0.29, 0.717) is 18.5 Å². The maximum Gasteiger partial charge on any atom is 0.238 e. The summed E-state index contributed by atoms with van der Waals surface area (Å²) in [6.07, 6.45) is 6.38. The van der Waals surface area contributed by atoms with Crippen LogP contribution in [0.4, 0.5) is 5.69 Å². The monoisotopic (exact) mass is 358 g/mol. The Balaban J connectivity index is 1.39. The number of piperidine rings is 2. The molecule has 2 fully saturated rings. The number of benzene rings is 1. The van der Waals surface area contributed by atoms with Crippen LogP contribution in [-0.2, 0) is 11.3 Å². The van der Waals surface area contributed by atoms with Crippen molar-refractivity contribution >= 4 is 11.6 Å². The molecule has 1 amide bonds. The lowest BCUT2D eigenvalue weighted by Crippen LogP contribution is -2.42. The summed E-state index contributed by atoms with van der Waals surface area (Å²) in [5, 5.41) is 9.78. The average molecular weight is 359 g/mol. The lowest BCUT2D eigenvalue weighted by Gasteiger charge is -2.28. The van der Waals surface area contributed by atoms with E-state index in [2.05, 4.69) is 39.9 Å². The zero-order valence-electron chi connectivity index (χ0n) is 16.1. The van der Waals surface area contributed by atoms with Crippen LogP contribution in [0.3, 0.4) is 0 Å². The van der Waals surface area contributed by atoms with Crippen LogP contribution >= 0.6 is 0 Å². The number of hydrogen-bond donors (Lipinski definition) is 3. The molecule has 144 valence electrons. The van der Waals surface area contributed by atoms with Gasteiger partial charge in [-0.25, -0.2) is 0 Å². The molecule has 3 N–H and O–H groups in total. The van der Waals surface area contributed by atoms with Gasteiger partial charge in [-0.1, -0.05) is 18.6 Å². The number of anilines is 1. The van der Waals surface area contributed by atoms with E-state index >= 15 is 0 Å². The van der Waals surface area contributed by atoms with E-state index in [1.165, 1.54) is 50.8 Å². The molecule has 5 heteroatoms. The van der Waals surface area contributed by atoms with Crippen LogP contribution in [0.25, 0.3) is 0 Å². The smallest absolute Gasteiger partial charge is 0.238 e. The van der Waals surface area contributed by atoms with Gasteiger partial charge in [-0.15, -0.1) is 0 Å². The Labute approximate surface area is 157 Å². The van der Waals surface area contributed by atoms with E-state index in [0.717, 1.165) is 25.3 Å².